The van der Waals surface area contributed by atoms with Gasteiger partial charge in [0.25, 0.3) is 0 Å². The molecular weight excluding hydrogens is 946 g/mol. The fourth-order valence-corrected chi connectivity index (χ4v) is 9.89. The molecule has 0 bridgehead atoms. The van der Waals surface area contributed by atoms with Crippen LogP contribution in [0.1, 0.15) is 86.8 Å². The molecule has 0 heterocycles. The topological polar surface area (TPSA) is 243 Å². The van der Waals surface area contributed by atoms with E-state index in [9.17, 15) is 39.3 Å². The lowest BCUT2D eigenvalue weighted by Gasteiger charge is -2.30. The molecule has 4 amide bonds. The summed E-state index contributed by atoms with van der Waals surface area (Å²) in [5.41, 5.74) is 5.70. The summed E-state index contributed by atoms with van der Waals surface area (Å²) in [5.74, 6) is -0.817. The van der Waals surface area contributed by atoms with Gasteiger partial charge < -0.3 is 65.0 Å². The lowest BCUT2D eigenvalue weighted by Crippen LogP contribution is -2.55. The molecule has 19 heteroatoms. The predicted molar refractivity (Wildman–Crippen MR) is 284 cm³/mol. The molecule has 2 aliphatic carbocycles. The van der Waals surface area contributed by atoms with Gasteiger partial charge in [-0.1, -0.05) is 100 Å². The average molecular weight is 1020 g/mol. The summed E-state index contributed by atoms with van der Waals surface area (Å²) < 4.78 is 28.0. The number of methoxy groups -OCH3 is 5. The molecule has 2 unspecified atom stereocenters. The Morgan fingerprint density at radius 2 is 0.932 bits per heavy atom. The summed E-state index contributed by atoms with van der Waals surface area (Å²) >= 11 is 0. The van der Waals surface area contributed by atoms with Gasteiger partial charge in [0.15, 0.2) is 11.5 Å². The number of rotatable bonds is 23. The highest BCUT2D eigenvalue weighted by Gasteiger charge is 2.37. The van der Waals surface area contributed by atoms with Crippen molar-refractivity contribution in [1.29, 1.82) is 0 Å². The Morgan fingerprint density at radius 3 is 1.34 bits per heavy atom. The molecule has 2 aliphatic rings. The smallest absolute Gasteiger partial charge is 0.475 e. The van der Waals surface area contributed by atoms with E-state index in [0.717, 1.165) is 40.0 Å². The number of hydrogen-bond acceptors (Lipinski definition) is 13. The molecular formula is C55H76B2N4O13. The zero-order chi connectivity index (χ0) is 54.1. The third-order valence-corrected chi connectivity index (χ3v) is 13.6. The van der Waals surface area contributed by atoms with Crippen LogP contribution in [0.25, 0.3) is 0 Å². The largest absolute Gasteiger partial charge is 0.496 e. The van der Waals surface area contributed by atoms with Crippen LogP contribution in [0.4, 0.5) is 0 Å². The lowest BCUT2D eigenvalue weighted by molar-refractivity contribution is -0.131. The number of benzene rings is 4. The molecule has 0 fully saturated rings. The number of aryl methyl sites for hydroxylation is 1. The number of amides is 4. The Balaban J connectivity index is 0.000000278. The van der Waals surface area contributed by atoms with Gasteiger partial charge >= 0.3 is 14.2 Å². The Kier molecular flexibility index (Phi) is 22.5. The van der Waals surface area contributed by atoms with Crippen LogP contribution in [0.5, 0.6) is 28.7 Å². The van der Waals surface area contributed by atoms with E-state index in [2.05, 4.69) is 27.3 Å². The Labute approximate surface area is 436 Å². The first-order chi connectivity index (χ1) is 35.4. The van der Waals surface area contributed by atoms with Gasteiger partial charge in [-0.3, -0.25) is 19.2 Å². The molecule has 4 aromatic rings. The second-order valence-corrected chi connectivity index (χ2v) is 19.9. The Hall–Kier alpha value is -6.27. The van der Waals surface area contributed by atoms with Gasteiger partial charge in [-0.2, -0.15) is 0 Å². The molecule has 400 valence electrons. The van der Waals surface area contributed by atoms with Crippen molar-refractivity contribution in [2.24, 2.45) is 23.7 Å². The van der Waals surface area contributed by atoms with E-state index in [1.54, 1.807) is 14.2 Å². The molecule has 74 heavy (non-hydrogen) atoms. The Bertz CT molecular complexity index is 2420. The van der Waals surface area contributed by atoms with Gasteiger partial charge in [0.1, 0.15) is 17.8 Å². The van der Waals surface area contributed by atoms with Crippen LogP contribution in [-0.2, 0) is 57.7 Å². The van der Waals surface area contributed by atoms with Gasteiger partial charge in [0, 0.05) is 35.8 Å². The van der Waals surface area contributed by atoms with Crippen molar-refractivity contribution < 1.29 is 63.0 Å². The molecule has 0 aliphatic heterocycles. The maximum Gasteiger partial charge on any atom is 0.475 e. The van der Waals surface area contributed by atoms with Crippen LogP contribution in [0, 0.1) is 23.7 Å². The van der Waals surface area contributed by atoms with Crippen LogP contribution in [-0.4, -0.2) is 117 Å². The van der Waals surface area contributed by atoms with Crippen LogP contribution in [0.2, 0.25) is 0 Å². The summed E-state index contributed by atoms with van der Waals surface area (Å²) in [6.45, 7) is 7.75. The van der Waals surface area contributed by atoms with E-state index in [4.69, 9.17) is 23.7 Å². The number of carbonyl (C=O) groups excluding carboxylic acids is 4. The second-order valence-electron chi connectivity index (χ2n) is 19.9. The minimum Gasteiger partial charge on any atom is -0.496 e. The molecule has 6 atom stereocenters. The first kappa shape index (κ1) is 58.6. The van der Waals surface area contributed by atoms with Crippen molar-refractivity contribution in [3.63, 3.8) is 0 Å². The summed E-state index contributed by atoms with van der Waals surface area (Å²) in [6.07, 6.45) is 4.78. The standard InChI is InChI=1S/C29H41BN2O8.C26H35BN2O5/c1-17(2)14-23(30(35)36)32-29(34)22(15-18-10-8-7-9-11-18)31-28(33)19-12-13-20-21(16-19)25(38-4)27(40-6)26(39-5)24(20)37-3;1-17(2)14-24(27(32)33)29-26(31)22(15-18-8-5-4-6-9-18)28-25(30)20-13-12-19-10-7-11-23(34-3)21(19)16-20/h7-11,17,19,22-23,35-36H,12-16H2,1-6H3,(H,31,33)(H,32,34);4-11,17,20,22,24,32-33H,12-16H2,1-3H3,(H,28,30)(H,29,31)/t19?,22-,23-;20?,22-,24-/m00/s1. The minimum absolute atomic E-state index is 0.124. The highest BCUT2D eigenvalue weighted by Crippen LogP contribution is 2.52. The number of carbonyl (C=O) groups is 4. The zero-order valence-electron chi connectivity index (χ0n) is 44.3. The quantitative estimate of drug-likeness (QED) is 0.0488. The van der Waals surface area contributed by atoms with E-state index in [-0.39, 0.29) is 36.0 Å². The van der Waals surface area contributed by atoms with E-state index < -0.39 is 55.9 Å². The van der Waals surface area contributed by atoms with Crippen LogP contribution < -0.4 is 45.0 Å². The maximum absolute atomic E-state index is 13.6. The number of hydrogen-bond donors (Lipinski definition) is 8. The molecule has 0 aromatic heterocycles. The van der Waals surface area contributed by atoms with E-state index in [1.165, 1.54) is 26.9 Å². The fourth-order valence-electron chi connectivity index (χ4n) is 9.89. The van der Waals surface area contributed by atoms with Crippen molar-refractivity contribution in [2.45, 2.75) is 116 Å². The zero-order valence-corrected chi connectivity index (χ0v) is 44.3. The van der Waals surface area contributed by atoms with Crippen molar-refractivity contribution >= 4 is 37.9 Å². The highest BCUT2D eigenvalue weighted by atomic mass is 16.5. The molecule has 0 radical (unpaired) electrons. The van der Waals surface area contributed by atoms with Crippen molar-refractivity contribution in [3.05, 3.63) is 112 Å². The van der Waals surface area contributed by atoms with Crippen molar-refractivity contribution in [1.82, 2.24) is 21.3 Å². The highest BCUT2D eigenvalue weighted by molar-refractivity contribution is 6.44. The first-order valence-electron chi connectivity index (χ1n) is 25.5. The molecule has 0 spiro atoms. The van der Waals surface area contributed by atoms with Gasteiger partial charge in [-0.05, 0) is 91.5 Å². The van der Waals surface area contributed by atoms with Gasteiger partial charge in [0.2, 0.25) is 35.1 Å². The lowest BCUT2D eigenvalue weighted by atomic mass is 9.75. The fraction of sp³-hybridized carbons (Fsp3) is 0.491. The first-order valence-corrected chi connectivity index (χ1v) is 25.5. The molecule has 4 aromatic carbocycles. The summed E-state index contributed by atoms with van der Waals surface area (Å²) in [7, 11) is 4.38. The molecule has 17 nitrogen and oxygen atoms in total. The third kappa shape index (κ3) is 15.9. The summed E-state index contributed by atoms with van der Waals surface area (Å²) in [5, 5.41) is 50.5. The van der Waals surface area contributed by atoms with Gasteiger partial charge in [-0.25, -0.2) is 0 Å². The van der Waals surface area contributed by atoms with Crippen molar-refractivity contribution in [3.8, 4) is 28.7 Å². The monoisotopic (exact) mass is 1020 g/mol. The number of fused-ring (bicyclic) bond motifs is 2. The van der Waals surface area contributed by atoms with E-state index in [0.29, 0.717) is 74.4 Å². The van der Waals surface area contributed by atoms with Gasteiger partial charge in [-0.15, -0.1) is 0 Å². The number of nitrogens with one attached hydrogen (secondary N) is 4. The molecule has 0 saturated carbocycles. The van der Waals surface area contributed by atoms with Crippen LogP contribution >= 0.6 is 0 Å². The average Bonchev–Trinajstić information content (AvgIpc) is 3.39. The molecule has 0 saturated heterocycles. The van der Waals surface area contributed by atoms with Gasteiger partial charge in [0.05, 0.1) is 47.4 Å². The second kappa shape index (κ2) is 28.4. The SMILES string of the molecule is COc1c2c(c(OC)c(OC)c1OC)CC(C(=O)N[C@@H](Cc1ccccc1)C(=O)N[C@@H](CC(C)C)B(O)O)CC2.COc1cccc2c1CC(C(=O)N[C@@H](Cc1ccccc1)C(=O)N[C@@H](CC(C)C)B(O)O)CC2. The summed E-state index contributed by atoms with van der Waals surface area (Å²) in [6, 6.07) is 23.0. The normalized spacial score (nSPS) is 16.3. The van der Waals surface area contributed by atoms with E-state index >= 15 is 0 Å². The molecule has 6 rings (SSSR count). The Morgan fingerprint density at radius 1 is 0.514 bits per heavy atom. The maximum atomic E-state index is 13.6. The van der Waals surface area contributed by atoms with E-state index in [1.807, 2.05) is 100 Å². The number of ether oxygens (including phenoxy) is 5. The van der Waals surface area contributed by atoms with Crippen LogP contribution in [0.15, 0.2) is 78.9 Å². The minimum atomic E-state index is -1.72. The molecule has 8 N–H and O–H groups in total. The van der Waals surface area contributed by atoms with Crippen molar-refractivity contribution in [2.75, 3.05) is 35.5 Å². The van der Waals surface area contributed by atoms with Crippen LogP contribution in [0.3, 0.4) is 0 Å². The summed E-state index contributed by atoms with van der Waals surface area (Å²) in [4.78, 5) is 53.5. The third-order valence-electron chi connectivity index (χ3n) is 13.6. The predicted octanol–water partition coefficient (Wildman–Crippen LogP) is 4.17.